The molecule has 0 aliphatic heterocycles. The van der Waals surface area contributed by atoms with Crippen LogP contribution in [0.15, 0.2) is 78.9 Å². The number of halogens is 1. The van der Waals surface area contributed by atoms with E-state index in [-0.39, 0.29) is 12.5 Å². The maximum Gasteiger partial charge on any atom is 0.257 e. The second-order valence-corrected chi connectivity index (χ2v) is 6.32. The third-order valence-electron chi connectivity index (χ3n) is 3.96. The van der Waals surface area contributed by atoms with E-state index in [4.69, 9.17) is 16.3 Å². The van der Waals surface area contributed by atoms with Gasteiger partial charge in [-0.05, 0) is 35.7 Å². The van der Waals surface area contributed by atoms with Gasteiger partial charge in [0.25, 0.3) is 5.91 Å². The fraction of sp³-hybridized carbons (Fsp3) is 0.136. The predicted molar refractivity (Wildman–Crippen MR) is 106 cm³/mol. The Labute approximate surface area is 158 Å². The summed E-state index contributed by atoms with van der Waals surface area (Å²) < 4.78 is 5.74. The average molecular weight is 366 g/mol. The third kappa shape index (κ3) is 5.11. The largest absolute Gasteiger partial charge is 0.483 e. The molecule has 0 unspecified atom stereocenters. The Morgan fingerprint density at radius 1 is 0.923 bits per heavy atom. The van der Waals surface area contributed by atoms with E-state index in [0.717, 1.165) is 23.1 Å². The van der Waals surface area contributed by atoms with Gasteiger partial charge in [0.1, 0.15) is 5.75 Å². The van der Waals surface area contributed by atoms with Crippen LogP contribution in [0.5, 0.6) is 5.75 Å². The zero-order valence-electron chi connectivity index (χ0n) is 14.3. The minimum atomic E-state index is -0.144. The first-order chi connectivity index (χ1) is 12.7. The summed E-state index contributed by atoms with van der Waals surface area (Å²) in [4.78, 5) is 12.1. The molecular formula is C22H20ClNO2. The van der Waals surface area contributed by atoms with Crippen molar-refractivity contribution in [2.75, 3.05) is 13.2 Å². The lowest BCUT2D eigenvalue weighted by molar-refractivity contribution is -0.123. The number of para-hydroxylation sites is 1. The van der Waals surface area contributed by atoms with E-state index in [9.17, 15) is 4.79 Å². The standard InChI is InChI=1S/C22H20ClNO2/c23-19-10-6-7-17(15-19)13-14-24-22(25)16-26-21-12-5-4-11-20(21)18-8-2-1-3-9-18/h1-12,15H,13-14,16H2,(H,24,25). The molecule has 4 heteroatoms. The van der Waals surface area contributed by atoms with Gasteiger partial charge in [0.2, 0.25) is 0 Å². The molecule has 0 saturated carbocycles. The van der Waals surface area contributed by atoms with E-state index < -0.39 is 0 Å². The number of ether oxygens (including phenoxy) is 1. The van der Waals surface area contributed by atoms with Crippen LogP contribution in [-0.4, -0.2) is 19.1 Å². The van der Waals surface area contributed by atoms with Crippen molar-refractivity contribution in [1.82, 2.24) is 5.32 Å². The molecule has 0 heterocycles. The van der Waals surface area contributed by atoms with Gasteiger partial charge in [0.05, 0.1) is 0 Å². The molecule has 0 radical (unpaired) electrons. The fourth-order valence-electron chi connectivity index (χ4n) is 2.68. The average Bonchev–Trinajstić information content (AvgIpc) is 2.67. The van der Waals surface area contributed by atoms with Gasteiger partial charge in [0.15, 0.2) is 6.61 Å². The predicted octanol–water partition coefficient (Wildman–Crippen LogP) is 4.74. The van der Waals surface area contributed by atoms with Crippen LogP contribution in [0, 0.1) is 0 Å². The summed E-state index contributed by atoms with van der Waals surface area (Å²) in [6.07, 6.45) is 0.729. The minimum Gasteiger partial charge on any atom is -0.483 e. The van der Waals surface area contributed by atoms with Gasteiger partial charge in [-0.25, -0.2) is 0 Å². The van der Waals surface area contributed by atoms with Crippen molar-refractivity contribution in [3.05, 3.63) is 89.4 Å². The van der Waals surface area contributed by atoms with Gasteiger partial charge in [-0.1, -0.05) is 72.3 Å². The molecule has 1 N–H and O–H groups in total. The monoisotopic (exact) mass is 365 g/mol. The Morgan fingerprint density at radius 3 is 2.50 bits per heavy atom. The Balaban J connectivity index is 1.52. The summed E-state index contributed by atoms with van der Waals surface area (Å²) in [6.45, 7) is 0.530. The van der Waals surface area contributed by atoms with Crippen LogP contribution in [0.3, 0.4) is 0 Å². The maximum absolute atomic E-state index is 12.1. The molecule has 3 aromatic rings. The highest BCUT2D eigenvalue weighted by Gasteiger charge is 2.08. The quantitative estimate of drug-likeness (QED) is 0.656. The van der Waals surface area contributed by atoms with E-state index in [1.807, 2.05) is 78.9 Å². The summed E-state index contributed by atoms with van der Waals surface area (Å²) >= 11 is 5.96. The first kappa shape index (κ1) is 18.0. The van der Waals surface area contributed by atoms with E-state index in [0.29, 0.717) is 17.3 Å². The highest BCUT2D eigenvalue weighted by Crippen LogP contribution is 2.29. The first-order valence-electron chi connectivity index (χ1n) is 8.51. The minimum absolute atomic E-state index is 0.0145. The highest BCUT2D eigenvalue weighted by atomic mass is 35.5. The van der Waals surface area contributed by atoms with Gasteiger partial charge in [0, 0.05) is 17.1 Å². The van der Waals surface area contributed by atoms with Gasteiger partial charge in [-0.3, -0.25) is 4.79 Å². The Morgan fingerprint density at radius 2 is 1.69 bits per heavy atom. The number of hydrogen-bond donors (Lipinski definition) is 1. The molecule has 0 spiro atoms. The van der Waals surface area contributed by atoms with Gasteiger partial charge < -0.3 is 10.1 Å². The van der Waals surface area contributed by atoms with Gasteiger partial charge in [-0.15, -0.1) is 0 Å². The van der Waals surface area contributed by atoms with Crippen molar-refractivity contribution in [1.29, 1.82) is 0 Å². The lowest BCUT2D eigenvalue weighted by Gasteiger charge is -2.12. The van der Waals surface area contributed by atoms with E-state index in [2.05, 4.69) is 5.32 Å². The number of amides is 1. The molecule has 0 aliphatic rings. The van der Waals surface area contributed by atoms with Crippen LogP contribution in [0.2, 0.25) is 5.02 Å². The van der Waals surface area contributed by atoms with E-state index in [1.165, 1.54) is 0 Å². The molecule has 132 valence electrons. The van der Waals surface area contributed by atoms with Crippen molar-refractivity contribution in [3.63, 3.8) is 0 Å². The van der Waals surface area contributed by atoms with Crippen molar-refractivity contribution in [3.8, 4) is 16.9 Å². The molecule has 0 aliphatic carbocycles. The molecule has 3 rings (SSSR count). The number of nitrogens with one attached hydrogen (secondary N) is 1. The highest BCUT2D eigenvalue weighted by molar-refractivity contribution is 6.30. The molecule has 1 amide bonds. The van der Waals surface area contributed by atoms with E-state index >= 15 is 0 Å². The normalized spacial score (nSPS) is 10.3. The lowest BCUT2D eigenvalue weighted by Crippen LogP contribution is -2.30. The summed E-state index contributed by atoms with van der Waals surface area (Å²) in [5.41, 5.74) is 3.12. The Kier molecular flexibility index (Phi) is 6.29. The van der Waals surface area contributed by atoms with Crippen LogP contribution in [0.4, 0.5) is 0 Å². The summed E-state index contributed by atoms with van der Waals surface area (Å²) in [6, 6.07) is 25.3. The van der Waals surface area contributed by atoms with Crippen molar-refractivity contribution >= 4 is 17.5 Å². The van der Waals surface area contributed by atoms with Gasteiger partial charge >= 0.3 is 0 Å². The lowest BCUT2D eigenvalue weighted by atomic mass is 10.1. The Hall–Kier alpha value is -2.78. The molecule has 0 bridgehead atoms. The number of carbonyl (C=O) groups is 1. The number of rotatable bonds is 7. The third-order valence-corrected chi connectivity index (χ3v) is 4.19. The smallest absolute Gasteiger partial charge is 0.257 e. The van der Waals surface area contributed by atoms with Crippen molar-refractivity contribution < 1.29 is 9.53 Å². The second kappa shape index (κ2) is 9.07. The molecule has 0 atom stereocenters. The second-order valence-electron chi connectivity index (χ2n) is 5.88. The molecule has 26 heavy (non-hydrogen) atoms. The van der Waals surface area contributed by atoms with Crippen LogP contribution in [0.1, 0.15) is 5.56 Å². The van der Waals surface area contributed by atoms with Gasteiger partial charge in [-0.2, -0.15) is 0 Å². The molecule has 0 aromatic heterocycles. The molecule has 3 aromatic carbocycles. The zero-order valence-corrected chi connectivity index (χ0v) is 15.1. The summed E-state index contributed by atoms with van der Waals surface area (Å²) in [7, 11) is 0. The molecule has 3 nitrogen and oxygen atoms in total. The molecule has 0 saturated heterocycles. The fourth-order valence-corrected chi connectivity index (χ4v) is 2.89. The summed E-state index contributed by atoms with van der Waals surface area (Å²) in [5, 5.41) is 3.58. The van der Waals surface area contributed by atoms with Crippen LogP contribution in [0.25, 0.3) is 11.1 Å². The van der Waals surface area contributed by atoms with Crippen molar-refractivity contribution in [2.24, 2.45) is 0 Å². The SMILES string of the molecule is O=C(COc1ccccc1-c1ccccc1)NCCc1cccc(Cl)c1. The molecule has 0 fully saturated rings. The summed E-state index contributed by atoms with van der Waals surface area (Å²) in [5.74, 6) is 0.554. The van der Waals surface area contributed by atoms with Crippen LogP contribution in [-0.2, 0) is 11.2 Å². The van der Waals surface area contributed by atoms with Crippen molar-refractivity contribution in [2.45, 2.75) is 6.42 Å². The maximum atomic E-state index is 12.1. The zero-order chi connectivity index (χ0) is 18.2. The number of hydrogen-bond acceptors (Lipinski definition) is 2. The van der Waals surface area contributed by atoms with E-state index in [1.54, 1.807) is 0 Å². The number of carbonyl (C=O) groups excluding carboxylic acids is 1. The van der Waals surface area contributed by atoms with Crippen LogP contribution >= 0.6 is 11.6 Å². The molecular weight excluding hydrogens is 346 g/mol. The van der Waals surface area contributed by atoms with Crippen LogP contribution < -0.4 is 10.1 Å². The number of benzene rings is 3. The Bertz CT molecular complexity index is 865. The topological polar surface area (TPSA) is 38.3 Å². The first-order valence-corrected chi connectivity index (χ1v) is 8.88.